The fraction of sp³-hybridized carbons (Fsp3) is 0.667. The lowest BCUT2D eigenvalue weighted by Crippen LogP contribution is -2.28. The van der Waals surface area contributed by atoms with Crippen molar-refractivity contribution in [2.24, 2.45) is 0 Å². The van der Waals surface area contributed by atoms with E-state index in [4.69, 9.17) is 0 Å². The number of rotatable bonds is 8. The molecule has 0 saturated carbocycles. The van der Waals surface area contributed by atoms with E-state index in [0.717, 1.165) is 42.4 Å². The van der Waals surface area contributed by atoms with Crippen molar-refractivity contribution in [2.75, 3.05) is 37.4 Å². The molecule has 0 atom stereocenters. The van der Waals surface area contributed by atoms with Crippen molar-refractivity contribution < 1.29 is 4.79 Å². The SMILES string of the molecule is CCCNc1nc(CC)nc(N(C)CCC(=O)NC)c1C. The minimum absolute atomic E-state index is 0.0357. The largest absolute Gasteiger partial charge is 0.370 e. The van der Waals surface area contributed by atoms with Crippen LogP contribution in [0.3, 0.4) is 0 Å². The van der Waals surface area contributed by atoms with Gasteiger partial charge >= 0.3 is 0 Å². The molecule has 2 N–H and O–H groups in total. The Hall–Kier alpha value is -1.85. The predicted octanol–water partition coefficient (Wildman–Crippen LogP) is 1.74. The first-order valence-electron chi connectivity index (χ1n) is 7.56. The Kier molecular flexibility index (Phi) is 6.91. The average Bonchev–Trinajstić information content (AvgIpc) is 2.51. The van der Waals surface area contributed by atoms with E-state index >= 15 is 0 Å². The molecule has 0 saturated heterocycles. The summed E-state index contributed by atoms with van der Waals surface area (Å²) in [4.78, 5) is 22.6. The van der Waals surface area contributed by atoms with Crippen molar-refractivity contribution in [1.82, 2.24) is 15.3 Å². The van der Waals surface area contributed by atoms with Crippen LogP contribution in [0.25, 0.3) is 0 Å². The predicted molar refractivity (Wildman–Crippen MR) is 86.9 cm³/mol. The molecule has 1 aromatic heterocycles. The van der Waals surface area contributed by atoms with E-state index in [1.165, 1.54) is 0 Å². The van der Waals surface area contributed by atoms with E-state index in [0.29, 0.717) is 13.0 Å². The third-order valence-electron chi connectivity index (χ3n) is 3.34. The molecular weight excluding hydrogens is 266 g/mol. The van der Waals surface area contributed by atoms with Crippen LogP contribution < -0.4 is 15.5 Å². The van der Waals surface area contributed by atoms with Gasteiger partial charge in [0, 0.05) is 45.6 Å². The number of aromatic nitrogens is 2. The normalized spacial score (nSPS) is 10.3. The maximum Gasteiger partial charge on any atom is 0.221 e. The summed E-state index contributed by atoms with van der Waals surface area (Å²) in [6.45, 7) is 7.71. The van der Waals surface area contributed by atoms with Crippen LogP contribution in [0.15, 0.2) is 0 Å². The molecule has 1 rings (SSSR count). The molecule has 0 aliphatic carbocycles. The molecule has 0 aromatic carbocycles. The Morgan fingerprint density at radius 1 is 1.29 bits per heavy atom. The number of hydrogen-bond acceptors (Lipinski definition) is 5. The quantitative estimate of drug-likeness (QED) is 0.764. The summed E-state index contributed by atoms with van der Waals surface area (Å²) in [6.07, 6.45) is 2.29. The monoisotopic (exact) mass is 293 g/mol. The summed E-state index contributed by atoms with van der Waals surface area (Å²) in [5, 5.41) is 5.99. The molecule has 1 heterocycles. The van der Waals surface area contributed by atoms with Gasteiger partial charge < -0.3 is 15.5 Å². The lowest BCUT2D eigenvalue weighted by Gasteiger charge is -2.22. The number of carbonyl (C=O) groups is 1. The van der Waals surface area contributed by atoms with Gasteiger partial charge in [0.1, 0.15) is 17.5 Å². The van der Waals surface area contributed by atoms with E-state index in [9.17, 15) is 4.79 Å². The van der Waals surface area contributed by atoms with E-state index in [1.54, 1.807) is 7.05 Å². The number of nitrogens with zero attached hydrogens (tertiary/aromatic N) is 3. The Labute approximate surface area is 127 Å². The van der Waals surface area contributed by atoms with Crippen molar-refractivity contribution in [3.05, 3.63) is 11.4 Å². The molecule has 0 aliphatic heterocycles. The molecule has 0 spiro atoms. The van der Waals surface area contributed by atoms with E-state index in [1.807, 2.05) is 25.8 Å². The molecule has 0 aliphatic rings. The van der Waals surface area contributed by atoms with Crippen LogP contribution in [0.2, 0.25) is 0 Å². The molecule has 0 unspecified atom stereocenters. The minimum Gasteiger partial charge on any atom is -0.370 e. The highest BCUT2D eigenvalue weighted by Crippen LogP contribution is 2.23. The molecule has 0 fully saturated rings. The fourth-order valence-electron chi connectivity index (χ4n) is 2.00. The van der Waals surface area contributed by atoms with Gasteiger partial charge in [0.2, 0.25) is 5.91 Å². The van der Waals surface area contributed by atoms with Crippen LogP contribution >= 0.6 is 0 Å². The number of hydrogen-bond donors (Lipinski definition) is 2. The smallest absolute Gasteiger partial charge is 0.221 e. The number of amides is 1. The zero-order valence-electron chi connectivity index (χ0n) is 13.8. The van der Waals surface area contributed by atoms with E-state index < -0.39 is 0 Å². The summed E-state index contributed by atoms with van der Waals surface area (Å²) >= 11 is 0. The second-order valence-electron chi connectivity index (χ2n) is 5.06. The average molecular weight is 293 g/mol. The fourth-order valence-corrected chi connectivity index (χ4v) is 2.00. The van der Waals surface area contributed by atoms with Gasteiger partial charge in [-0.25, -0.2) is 9.97 Å². The molecule has 6 nitrogen and oxygen atoms in total. The van der Waals surface area contributed by atoms with Crippen LogP contribution in [0, 0.1) is 6.92 Å². The molecule has 0 bridgehead atoms. The number of carbonyl (C=O) groups excluding carboxylic acids is 1. The van der Waals surface area contributed by atoms with Gasteiger partial charge in [-0.3, -0.25) is 4.79 Å². The maximum absolute atomic E-state index is 11.4. The van der Waals surface area contributed by atoms with Gasteiger partial charge in [-0.05, 0) is 13.3 Å². The minimum atomic E-state index is 0.0357. The van der Waals surface area contributed by atoms with Crippen molar-refractivity contribution in [3.63, 3.8) is 0 Å². The highest BCUT2D eigenvalue weighted by Gasteiger charge is 2.14. The zero-order valence-corrected chi connectivity index (χ0v) is 13.8. The van der Waals surface area contributed by atoms with Crippen LogP contribution in [0.1, 0.15) is 38.1 Å². The van der Waals surface area contributed by atoms with Crippen LogP contribution in [0.4, 0.5) is 11.6 Å². The topological polar surface area (TPSA) is 70.2 Å². The van der Waals surface area contributed by atoms with Crippen LogP contribution in [0.5, 0.6) is 0 Å². The molecule has 6 heteroatoms. The van der Waals surface area contributed by atoms with Gasteiger partial charge in [-0.2, -0.15) is 0 Å². The Balaban J connectivity index is 2.95. The van der Waals surface area contributed by atoms with Gasteiger partial charge in [0.05, 0.1) is 0 Å². The third-order valence-corrected chi connectivity index (χ3v) is 3.34. The van der Waals surface area contributed by atoms with Gasteiger partial charge in [0.25, 0.3) is 0 Å². The molecule has 118 valence electrons. The lowest BCUT2D eigenvalue weighted by atomic mass is 10.2. The van der Waals surface area contributed by atoms with Crippen LogP contribution in [-0.4, -0.2) is 43.1 Å². The molecule has 1 amide bonds. The first-order valence-corrected chi connectivity index (χ1v) is 7.56. The Bertz CT molecular complexity index is 475. The molecular formula is C15H27N5O. The standard InChI is InChI=1S/C15H27N5O/c1-6-9-17-14-11(3)15(19-12(7-2)18-14)20(5)10-8-13(21)16-4/h6-10H2,1-5H3,(H,16,21)(H,17,18,19). The second-order valence-corrected chi connectivity index (χ2v) is 5.06. The lowest BCUT2D eigenvalue weighted by molar-refractivity contribution is -0.120. The van der Waals surface area contributed by atoms with Crippen molar-refractivity contribution in [3.8, 4) is 0 Å². The third kappa shape index (κ3) is 4.88. The Morgan fingerprint density at radius 3 is 2.57 bits per heavy atom. The van der Waals surface area contributed by atoms with Crippen molar-refractivity contribution >= 4 is 17.5 Å². The number of aryl methyl sites for hydroxylation is 1. The molecule has 1 aromatic rings. The molecule has 21 heavy (non-hydrogen) atoms. The van der Waals surface area contributed by atoms with Crippen LogP contribution in [-0.2, 0) is 11.2 Å². The number of anilines is 2. The van der Waals surface area contributed by atoms with Gasteiger partial charge in [-0.1, -0.05) is 13.8 Å². The maximum atomic E-state index is 11.4. The van der Waals surface area contributed by atoms with Gasteiger partial charge in [-0.15, -0.1) is 0 Å². The highest BCUT2D eigenvalue weighted by molar-refractivity contribution is 5.76. The van der Waals surface area contributed by atoms with Crippen molar-refractivity contribution in [2.45, 2.75) is 40.0 Å². The summed E-state index contributed by atoms with van der Waals surface area (Å²) < 4.78 is 0. The van der Waals surface area contributed by atoms with E-state index in [-0.39, 0.29) is 5.91 Å². The van der Waals surface area contributed by atoms with E-state index in [2.05, 4.69) is 27.5 Å². The first-order chi connectivity index (χ1) is 10.0. The summed E-state index contributed by atoms with van der Waals surface area (Å²) in [5.41, 5.74) is 1.03. The number of nitrogens with one attached hydrogen (secondary N) is 2. The Morgan fingerprint density at radius 2 is 2.00 bits per heavy atom. The summed E-state index contributed by atoms with van der Waals surface area (Å²) in [5.74, 6) is 2.64. The van der Waals surface area contributed by atoms with Gasteiger partial charge in [0.15, 0.2) is 0 Å². The molecule has 0 radical (unpaired) electrons. The summed E-state index contributed by atoms with van der Waals surface area (Å²) in [7, 11) is 3.61. The highest BCUT2D eigenvalue weighted by atomic mass is 16.1. The zero-order chi connectivity index (χ0) is 15.8. The summed E-state index contributed by atoms with van der Waals surface area (Å²) in [6, 6.07) is 0. The first kappa shape index (κ1) is 17.2. The second kappa shape index (κ2) is 8.44. The van der Waals surface area contributed by atoms with Crippen molar-refractivity contribution in [1.29, 1.82) is 0 Å².